The molecule has 0 saturated carbocycles. The standard InChI is InChI=1S/C16H20N6O5S/c1-4-27-12(23)9-21(8-11-6-5-10(2)18-7-11)15-13(22(24)25)14(17)19-16(20-15)28(3)26/h5-7H,4,8-9H2,1-3H3,(H2,17,19,20). The van der Waals surface area contributed by atoms with E-state index in [2.05, 4.69) is 15.0 Å². The van der Waals surface area contributed by atoms with E-state index in [0.717, 1.165) is 5.69 Å². The van der Waals surface area contributed by atoms with Gasteiger partial charge in [-0.2, -0.15) is 9.97 Å². The number of hydrogen-bond donors (Lipinski definition) is 1. The minimum absolute atomic E-state index is 0.0686. The van der Waals surface area contributed by atoms with Gasteiger partial charge in [0, 0.05) is 24.7 Å². The second kappa shape index (κ2) is 9.17. The molecule has 2 rings (SSSR count). The fraction of sp³-hybridized carbons (Fsp3) is 0.375. The number of nitrogen functional groups attached to an aromatic ring is 1. The maximum Gasteiger partial charge on any atom is 0.353 e. The summed E-state index contributed by atoms with van der Waals surface area (Å²) in [5, 5.41) is 11.4. The largest absolute Gasteiger partial charge is 0.465 e. The molecule has 1 unspecified atom stereocenters. The SMILES string of the molecule is CCOC(=O)CN(Cc1ccc(C)nc1)c1nc(S(C)=O)nc(N)c1[N+](=O)[O-]. The van der Waals surface area contributed by atoms with Crippen molar-refractivity contribution in [3.05, 3.63) is 39.7 Å². The summed E-state index contributed by atoms with van der Waals surface area (Å²) in [6.07, 6.45) is 2.91. The summed E-state index contributed by atoms with van der Waals surface area (Å²) in [5.41, 5.74) is 6.62. The smallest absolute Gasteiger partial charge is 0.353 e. The quantitative estimate of drug-likeness (QED) is 0.289. The van der Waals surface area contributed by atoms with E-state index < -0.39 is 33.2 Å². The molecule has 0 aromatic carbocycles. The van der Waals surface area contributed by atoms with Crippen molar-refractivity contribution in [2.45, 2.75) is 25.5 Å². The molecule has 12 heteroatoms. The first-order valence-electron chi connectivity index (χ1n) is 8.20. The first kappa shape index (κ1) is 21.2. The van der Waals surface area contributed by atoms with Gasteiger partial charge < -0.3 is 15.4 Å². The van der Waals surface area contributed by atoms with E-state index in [0.29, 0.717) is 5.56 Å². The Kier molecular flexibility index (Phi) is 6.93. The van der Waals surface area contributed by atoms with Gasteiger partial charge in [-0.05, 0) is 25.5 Å². The summed E-state index contributed by atoms with van der Waals surface area (Å²) in [5.74, 6) is -1.25. The van der Waals surface area contributed by atoms with Gasteiger partial charge in [-0.3, -0.25) is 24.1 Å². The van der Waals surface area contributed by atoms with Crippen LogP contribution in [0.3, 0.4) is 0 Å². The van der Waals surface area contributed by atoms with Gasteiger partial charge >= 0.3 is 11.7 Å². The van der Waals surface area contributed by atoms with Crippen LogP contribution in [0.2, 0.25) is 0 Å². The average molecular weight is 408 g/mol. The molecule has 0 amide bonds. The van der Waals surface area contributed by atoms with Crippen LogP contribution in [-0.2, 0) is 26.9 Å². The maximum absolute atomic E-state index is 12.1. The molecule has 0 radical (unpaired) electrons. The lowest BCUT2D eigenvalue weighted by atomic mass is 10.2. The summed E-state index contributed by atoms with van der Waals surface area (Å²) in [4.78, 5) is 36.2. The Balaban J connectivity index is 2.56. The molecule has 0 saturated heterocycles. The summed E-state index contributed by atoms with van der Waals surface area (Å²) >= 11 is 0. The molecule has 150 valence electrons. The van der Waals surface area contributed by atoms with Crippen LogP contribution in [-0.4, -0.2) is 49.5 Å². The van der Waals surface area contributed by atoms with Crippen molar-refractivity contribution >= 4 is 34.1 Å². The summed E-state index contributed by atoms with van der Waals surface area (Å²) in [7, 11) is -1.63. The fourth-order valence-electron chi connectivity index (χ4n) is 2.34. The second-order valence-electron chi connectivity index (χ2n) is 5.74. The molecule has 0 fully saturated rings. The number of nitrogens with two attached hydrogens (primary N) is 1. The molecule has 0 bridgehead atoms. The Labute approximate surface area is 163 Å². The molecule has 0 spiro atoms. The van der Waals surface area contributed by atoms with Gasteiger partial charge in [0.25, 0.3) is 0 Å². The zero-order valence-corrected chi connectivity index (χ0v) is 16.4. The van der Waals surface area contributed by atoms with Gasteiger partial charge in [-0.25, -0.2) is 0 Å². The minimum atomic E-state index is -1.63. The Morgan fingerprint density at radius 3 is 2.64 bits per heavy atom. The number of carbonyl (C=O) groups excluding carboxylic acids is 1. The first-order valence-corrected chi connectivity index (χ1v) is 9.76. The van der Waals surface area contributed by atoms with Gasteiger partial charge in [0.1, 0.15) is 6.54 Å². The topological polar surface area (TPSA) is 154 Å². The molecule has 28 heavy (non-hydrogen) atoms. The predicted molar refractivity (Wildman–Crippen MR) is 102 cm³/mol. The molecule has 1 atom stereocenters. The number of ether oxygens (including phenoxy) is 1. The number of nitrogens with zero attached hydrogens (tertiary/aromatic N) is 5. The van der Waals surface area contributed by atoms with Crippen LogP contribution in [0.1, 0.15) is 18.2 Å². The number of hydrogen-bond acceptors (Lipinski definition) is 10. The third-order valence-corrected chi connectivity index (χ3v) is 4.28. The van der Waals surface area contributed by atoms with Crippen molar-refractivity contribution in [2.75, 3.05) is 30.0 Å². The summed E-state index contributed by atoms with van der Waals surface area (Å²) in [6, 6.07) is 3.54. The third-order valence-electron chi connectivity index (χ3n) is 3.58. The minimum Gasteiger partial charge on any atom is -0.465 e. The van der Waals surface area contributed by atoms with Crippen LogP contribution in [0.4, 0.5) is 17.3 Å². The number of aromatic nitrogens is 3. The van der Waals surface area contributed by atoms with Crippen molar-refractivity contribution in [1.29, 1.82) is 0 Å². The van der Waals surface area contributed by atoms with Crippen LogP contribution < -0.4 is 10.6 Å². The van der Waals surface area contributed by atoms with E-state index in [1.165, 1.54) is 11.2 Å². The third kappa shape index (κ3) is 5.19. The van der Waals surface area contributed by atoms with Crippen molar-refractivity contribution < 1.29 is 18.7 Å². The average Bonchev–Trinajstić information content (AvgIpc) is 2.62. The van der Waals surface area contributed by atoms with Crippen molar-refractivity contribution in [3.8, 4) is 0 Å². The second-order valence-corrected chi connectivity index (χ2v) is 7.02. The number of rotatable bonds is 8. The highest BCUT2D eigenvalue weighted by Gasteiger charge is 2.29. The highest BCUT2D eigenvalue weighted by atomic mass is 32.2. The molecule has 0 aliphatic carbocycles. The Hall–Kier alpha value is -3.15. The van der Waals surface area contributed by atoms with Gasteiger partial charge in [0.2, 0.25) is 16.8 Å². The van der Waals surface area contributed by atoms with E-state index in [4.69, 9.17) is 10.5 Å². The van der Waals surface area contributed by atoms with Gasteiger partial charge in [-0.1, -0.05) is 6.07 Å². The van der Waals surface area contributed by atoms with Crippen molar-refractivity contribution in [3.63, 3.8) is 0 Å². The Bertz CT molecular complexity index is 905. The molecule has 2 N–H and O–H groups in total. The number of nitro groups is 1. The Morgan fingerprint density at radius 1 is 1.39 bits per heavy atom. The number of esters is 1. The summed E-state index contributed by atoms with van der Waals surface area (Å²) in [6.45, 7) is 3.36. The molecule has 0 aliphatic rings. The lowest BCUT2D eigenvalue weighted by Gasteiger charge is -2.23. The number of aryl methyl sites for hydroxylation is 1. The lowest BCUT2D eigenvalue weighted by Crippen LogP contribution is -2.32. The monoisotopic (exact) mass is 408 g/mol. The normalized spacial score (nSPS) is 11.7. The molecular weight excluding hydrogens is 388 g/mol. The molecule has 2 aromatic rings. The van der Waals surface area contributed by atoms with E-state index in [1.54, 1.807) is 25.3 Å². The number of anilines is 2. The molecule has 2 heterocycles. The zero-order valence-electron chi connectivity index (χ0n) is 15.6. The molecule has 0 aliphatic heterocycles. The van der Waals surface area contributed by atoms with Gasteiger partial charge in [0.05, 0.1) is 22.3 Å². The summed E-state index contributed by atoms with van der Waals surface area (Å²) < 4.78 is 16.8. The Morgan fingerprint density at radius 2 is 2.11 bits per heavy atom. The van der Waals surface area contributed by atoms with E-state index in [1.807, 2.05) is 6.92 Å². The van der Waals surface area contributed by atoms with Crippen LogP contribution in [0.25, 0.3) is 0 Å². The zero-order chi connectivity index (χ0) is 20.8. The predicted octanol–water partition coefficient (Wildman–Crippen LogP) is 0.978. The highest BCUT2D eigenvalue weighted by Crippen LogP contribution is 2.32. The number of pyridine rings is 1. The maximum atomic E-state index is 12.1. The fourth-order valence-corrected chi connectivity index (χ4v) is 2.79. The van der Waals surface area contributed by atoms with Crippen LogP contribution in [0, 0.1) is 17.0 Å². The van der Waals surface area contributed by atoms with E-state index >= 15 is 0 Å². The van der Waals surface area contributed by atoms with Gasteiger partial charge in [0.15, 0.2) is 0 Å². The van der Waals surface area contributed by atoms with Crippen LogP contribution in [0.15, 0.2) is 23.5 Å². The molecule has 2 aromatic heterocycles. The van der Waals surface area contributed by atoms with E-state index in [-0.39, 0.29) is 30.7 Å². The van der Waals surface area contributed by atoms with Crippen molar-refractivity contribution in [2.24, 2.45) is 0 Å². The molecular formula is C16H20N6O5S. The number of carbonyl (C=O) groups is 1. The first-order chi connectivity index (χ1) is 13.2. The van der Waals surface area contributed by atoms with Crippen molar-refractivity contribution in [1.82, 2.24) is 15.0 Å². The highest BCUT2D eigenvalue weighted by molar-refractivity contribution is 7.84. The van der Waals surface area contributed by atoms with Crippen LogP contribution in [0.5, 0.6) is 0 Å². The molecule has 11 nitrogen and oxygen atoms in total. The van der Waals surface area contributed by atoms with Gasteiger partial charge in [-0.15, -0.1) is 0 Å². The lowest BCUT2D eigenvalue weighted by molar-refractivity contribution is -0.383. The van der Waals surface area contributed by atoms with Crippen LogP contribution >= 0.6 is 0 Å². The van der Waals surface area contributed by atoms with E-state index in [9.17, 15) is 19.1 Å².